The Morgan fingerprint density at radius 1 is 1.10 bits per heavy atom. The first kappa shape index (κ1) is 19.6. The Hall–Kier alpha value is -3.70. The summed E-state index contributed by atoms with van der Waals surface area (Å²) in [7, 11) is 0. The average molecular weight is 403 g/mol. The molecule has 8 heteroatoms. The van der Waals surface area contributed by atoms with Crippen LogP contribution < -0.4 is 5.32 Å². The van der Waals surface area contributed by atoms with E-state index in [2.05, 4.69) is 21.5 Å². The molecule has 0 atom stereocenters. The fourth-order valence-electron chi connectivity index (χ4n) is 3.57. The van der Waals surface area contributed by atoms with Crippen LogP contribution in [0, 0.1) is 11.3 Å². The summed E-state index contributed by atoms with van der Waals surface area (Å²) in [6, 6.07) is 12.2. The van der Waals surface area contributed by atoms with Gasteiger partial charge < -0.3 is 15.5 Å². The molecular formula is C22H21N5O3. The molecule has 0 radical (unpaired) electrons. The number of aliphatic hydroxyl groups excluding tert-OH is 1. The predicted molar refractivity (Wildman–Crippen MR) is 109 cm³/mol. The molecule has 152 valence electrons. The quantitative estimate of drug-likeness (QED) is 0.615. The Labute approximate surface area is 173 Å². The summed E-state index contributed by atoms with van der Waals surface area (Å²) < 4.78 is 1.29. The summed E-state index contributed by atoms with van der Waals surface area (Å²) in [6.07, 6.45) is 5.62. The maximum Gasteiger partial charge on any atom is 0.253 e. The molecule has 0 spiro atoms. The first-order chi connectivity index (χ1) is 14.5. The summed E-state index contributed by atoms with van der Waals surface area (Å²) in [5.41, 5.74) is 2.20. The Balaban J connectivity index is 1.48. The van der Waals surface area contributed by atoms with Gasteiger partial charge in [-0.2, -0.15) is 15.0 Å². The highest BCUT2D eigenvalue weighted by Gasteiger charge is 2.21. The number of aromatic hydroxyl groups is 1. The number of benzene rings is 1. The monoisotopic (exact) mass is 403 g/mol. The van der Waals surface area contributed by atoms with Crippen LogP contribution in [-0.4, -0.2) is 43.0 Å². The highest BCUT2D eigenvalue weighted by molar-refractivity contribution is 5.94. The summed E-state index contributed by atoms with van der Waals surface area (Å²) >= 11 is 0. The van der Waals surface area contributed by atoms with E-state index in [9.17, 15) is 15.0 Å². The summed E-state index contributed by atoms with van der Waals surface area (Å²) in [6.45, 7) is 0. The lowest BCUT2D eigenvalue weighted by atomic mass is 9.93. The zero-order valence-corrected chi connectivity index (χ0v) is 16.2. The van der Waals surface area contributed by atoms with Crippen molar-refractivity contribution in [1.82, 2.24) is 20.1 Å². The van der Waals surface area contributed by atoms with Crippen molar-refractivity contribution in [2.45, 2.75) is 37.8 Å². The highest BCUT2D eigenvalue weighted by Crippen LogP contribution is 2.30. The number of nitriles is 1. The van der Waals surface area contributed by atoms with Gasteiger partial charge in [0.05, 0.1) is 35.1 Å². The topological polar surface area (TPSA) is 124 Å². The van der Waals surface area contributed by atoms with Crippen LogP contribution in [0.4, 0.5) is 0 Å². The number of rotatable bonds is 4. The van der Waals surface area contributed by atoms with Crippen LogP contribution in [0.5, 0.6) is 5.88 Å². The second-order valence-electron chi connectivity index (χ2n) is 7.37. The summed E-state index contributed by atoms with van der Waals surface area (Å²) in [4.78, 5) is 16.7. The van der Waals surface area contributed by atoms with Gasteiger partial charge in [-0.15, -0.1) is 0 Å². The lowest BCUT2D eigenvalue weighted by molar-refractivity contribution is 0.0867. The van der Waals surface area contributed by atoms with E-state index in [-0.39, 0.29) is 23.9 Å². The van der Waals surface area contributed by atoms with Crippen LogP contribution in [0.3, 0.4) is 0 Å². The third kappa shape index (κ3) is 4.02. The van der Waals surface area contributed by atoms with Gasteiger partial charge in [0.25, 0.3) is 5.91 Å². The third-order valence-corrected chi connectivity index (χ3v) is 5.33. The third-order valence-electron chi connectivity index (χ3n) is 5.33. The first-order valence-corrected chi connectivity index (χ1v) is 9.78. The minimum Gasteiger partial charge on any atom is -0.493 e. The number of amides is 1. The maximum atomic E-state index is 12.4. The molecule has 8 nitrogen and oxygen atoms in total. The Bertz CT molecular complexity index is 1080. The number of hydrogen-bond donors (Lipinski definition) is 3. The molecule has 0 saturated heterocycles. The molecule has 0 bridgehead atoms. The van der Waals surface area contributed by atoms with Crippen LogP contribution in [0.25, 0.3) is 16.9 Å². The molecule has 1 aliphatic rings. The SMILES string of the molecule is N#Cc1ccc(-c2cnn(-c3ccc(C(=O)N[C@H]4CC[C@H](O)CC4)cn3)c2O)cc1. The first-order valence-electron chi connectivity index (χ1n) is 9.78. The van der Waals surface area contributed by atoms with Crippen molar-refractivity contribution in [2.24, 2.45) is 0 Å². The molecule has 3 aromatic rings. The van der Waals surface area contributed by atoms with Gasteiger partial charge in [-0.3, -0.25) is 4.79 Å². The van der Waals surface area contributed by atoms with Gasteiger partial charge in [-0.1, -0.05) is 12.1 Å². The molecule has 0 aliphatic heterocycles. The van der Waals surface area contributed by atoms with E-state index in [1.165, 1.54) is 17.1 Å². The highest BCUT2D eigenvalue weighted by atomic mass is 16.3. The number of carbonyl (C=O) groups is 1. The predicted octanol–water partition coefficient (Wildman–Crippen LogP) is 2.54. The van der Waals surface area contributed by atoms with Crippen molar-refractivity contribution in [2.75, 3.05) is 0 Å². The minimum atomic E-state index is -0.268. The number of nitrogens with one attached hydrogen (secondary N) is 1. The zero-order valence-electron chi connectivity index (χ0n) is 16.2. The second-order valence-corrected chi connectivity index (χ2v) is 7.37. The molecule has 0 unspecified atom stereocenters. The van der Waals surface area contributed by atoms with Crippen molar-refractivity contribution >= 4 is 5.91 Å². The Morgan fingerprint density at radius 3 is 2.47 bits per heavy atom. The van der Waals surface area contributed by atoms with Crippen LogP contribution in [-0.2, 0) is 0 Å². The van der Waals surface area contributed by atoms with E-state index < -0.39 is 0 Å². The van der Waals surface area contributed by atoms with Crippen molar-refractivity contribution < 1.29 is 15.0 Å². The van der Waals surface area contributed by atoms with Gasteiger partial charge in [-0.25, -0.2) is 4.98 Å². The number of hydrogen-bond acceptors (Lipinski definition) is 6. The van der Waals surface area contributed by atoms with Crippen LogP contribution in [0.2, 0.25) is 0 Å². The molecule has 4 rings (SSSR count). The molecule has 1 amide bonds. The summed E-state index contributed by atoms with van der Waals surface area (Å²) in [5.74, 6) is 0.0910. The molecule has 30 heavy (non-hydrogen) atoms. The van der Waals surface area contributed by atoms with Gasteiger partial charge in [0, 0.05) is 12.2 Å². The lowest BCUT2D eigenvalue weighted by Crippen LogP contribution is -2.38. The fourth-order valence-corrected chi connectivity index (χ4v) is 3.57. The molecule has 1 saturated carbocycles. The van der Waals surface area contributed by atoms with Gasteiger partial charge >= 0.3 is 0 Å². The Morgan fingerprint density at radius 2 is 1.83 bits per heavy atom. The molecule has 1 fully saturated rings. The van der Waals surface area contributed by atoms with Gasteiger partial charge in [0.1, 0.15) is 0 Å². The molecule has 3 N–H and O–H groups in total. The zero-order chi connectivity index (χ0) is 21.1. The molecule has 2 heterocycles. The van der Waals surface area contributed by atoms with E-state index in [1.54, 1.807) is 36.4 Å². The van der Waals surface area contributed by atoms with Crippen molar-refractivity contribution in [3.63, 3.8) is 0 Å². The smallest absolute Gasteiger partial charge is 0.253 e. The largest absolute Gasteiger partial charge is 0.493 e. The van der Waals surface area contributed by atoms with Crippen LogP contribution >= 0.6 is 0 Å². The van der Waals surface area contributed by atoms with Gasteiger partial charge in [0.15, 0.2) is 5.82 Å². The van der Waals surface area contributed by atoms with E-state index in [1.807, 2.05) is 0 Å². The summed E-state index contributed by atoms with van der Waals surface area (Å²) in [5, 5.41) is 36.2. The molecule has 1 aliphatic carbocycles. The normalized spacial score (nSPS) is 18.5. The van der Waals surface area contributed by atoms with E-state index >= 15 is 0 Å². The molecule has 1 aromatic carbocycles. The second kappa shape index (κ2) is 8.35. The van der Waals surface area contributed by atoms with Crippen LogP contribution in [0.15, 0.2) is 48.8 Å². The lowest BCUT2D eigenvalue weighted by Gasteiger charge is -2.26. The van der Waals surface area contributed by atoms with Crippen molar-refractivity contribution in [3.05, 3.63) is 59.9 Å². The van der Waals surface area contributed by atoms with E-state index in [4.69, 9.17) is 5.26 Å². The number of pyridine rings is 1. The fraction of sp³-hybridized carbons (Fsp3) is 0.273. The molecule has 2 aromatic heterocycles. The van der Waals surface area contributed by atoms with Crippen LogP contribution in [0.1, 0.15) is 41.6 Å². The number of nitrogens with zero attached hydrogens (tertiary/aromatic N) is 4. The van der Waals surface area contributed by atoms with Gasteiger partial charge in [0.2, 0.25) is 5.88 Å². The van der Waals surface area contributed by atoms with Gasteiger partial charge in [-0.05, 0) is 55.5 Å². The molecular weight excluding hydrogens is 382 g/mol. The Kier molecular flexibility index (Phi) is 5.46. The van der Waals surface area contributed by atoms with E-state index in [0.717, 1.165) is 18.4 Å². The van der Waals surface area contributed by atoms with E-state index in [0.29, 0.717) is 35.3 Å². The standard InChI is InChI=1S/C22H21N5O3/c23-11-14-1-3-15(4-2-14)19-13-25-27(22(19)30)20-10-5-16(12-24-20)21(29)26-17-6-8-18(28)9-7-17/h1-5,10,12-13,17-18,28,30H,6-9H2,(H,26,29)/t17-,18-. The number of aromatic nitrogens is 3. The number of aliphatic hydroxyl groups is 1. The average Bonchev–Trinajstić information content (AvgIpc) is 3.16. The van der Waals surface area contributed by atoms with Crippen molar-refractivity contribution in [1.29, 1.82) is 5.26 Å². The maximum absolute atomic E-state index is 12.4. The number of carbonyl (C=O) groups excluding carboxylic acids is 1. The van der Waals surface area contributed by atoms with Crippen molar-refractivity contribution in [3.8, 4) is 28.9 Å². The minimum absolute atomic E-state index is 0.0608.